The van der Waals surface area contributed by atoms with Crippen LogP contribution in [0.4, 0.5) is 0 Å². The van der Waals surface area contributed by atoms with Crippen LogP contribution >= 0.6 is 0 Å². The molecule has 3 aromatic rings. The lowest BCUT2D eigenvalue weighted by molar-refractivity contribution is -0.120. The van der Waals surface area contributed by atoms with Crippen LogP contribution in [0.3, 0.4) is 0 Å². The molecule has 140 valence electrons. The molecule has 1 aromatic heterocycles. The molecule has 0 radical (unpaired) electrons. The molecular formula is C20H21N3O4. The van der Waals surface area contributed by atoms with Crippen molar-refractivity contribution < 1.29 is 18.8 Å². The number of nitrogens with one attached hydrogen (secondary N) is 1. The largest absolute Gasteiger partial charge is 0.497 e. The van der Waals surface area contributed by atoms with Gasteiger partial charge in [-0.25, -0.2) is 0 Å². The van der Waals surface area contributed by atoms with Crippen molar-refractivity contribution in [1.82, 2.24) is 15.5 Å². The van der Waals surface area contributed by atoms with Crippen molar-refractivity contribution in [2.75, 3.05) is 13.7 Å². The number of ether oxygens (including phenoxy) is 2. The summed E-state index contributed by atoms with van der Waals surface area (Å²) in [6.45, 7) is 2.72. The van der Waals surface area contributed by atoms with Crippen LogP contribution in [0.15, 0.2) is 53.1 Å². The van der Waals surface area contributed by atoms with Crippen molar-refractivity contribution in [1.29, 1.82) is 0 Å². The molecule has 0 atom stereocenters. The average Bonchev–Trinajstić information content (AvgIpc) is 3.17. The van der Waals surface area contributed by atoms with Crippen molar-refractivity contribution in [3.63, 3.8) is 0 Å². The molecule has 2 aromatic carbocycles. The Bertz CT molecular complexity index is 873. The molecular weight excluding hydrogens is 346 g/mol. The van der Waals surface area contributed by atoms with Crippen LogP contribution in [0.1, 0.15) is 18.4 Å². The second-order valence-corrected chi connectivity index (χ2v) is 5.77. The Morgan fingerprint density at radius 1 is 1.07 bits per heavy atom. The Kier molecular flexibility index (Phi) is 6.04. The lowest BCUT2D eigenvalue weighted by Crippen LogP contribution is -2.24. The van der Waals surface area contributed by atoms with Gasteiger partial charge in [0.15, 0.2) is 0 Å². The van der Waals surface area contributed by atoms with Gasteiger partial charge < -0.3 is 19.3 Å². The normalized spacial score (nSPS) is 10.4. The molecule has 27 heavy (non-hydrogen) atoms. The number of aromatic nitrogens is 2. The summed E-state index contributed by atoms with van der Waals surface area (Å²) in [5, 5.41) is 6.72. The van der Waals surface area contributed by atoms with Gasteiger partial charge in [-0.1, -0.05) is 17.3 Å². The maximum atomic E-state index is 12.1. The maximum Gasteiger partial charge on any atom is 0.246 e. The van der Waals surface area contributed by atoms with E-state index in [1.54, 1.807) is 7.11 Å². The van der Waals surface area contributed by atoms with Crippen LogP contribution in [0.25, 0.3) is 11.4 Å². The highest BCUT2D eigenvalue weighted by molar-refractivity contribution is 5.78. The zero-order valence-electron chi connectivity index (χ0n) is 15.3. The van der Waals surface area contributed by atoms with E-state index in [0.717, 1.165) is 22.6 Å². The molecule has 1 heterocycles. The highest BCUT2D eigenvalue weighted by Crippen LogP contribution is 2.19. The number of hydrogen-bond acceptors (Lipinski definition) is 6. The predicted octanol–water partition coefficient (Wildman–Crippen LogP) is 3.00. The summed E-state index contributed by atoms with van der Waals surface area (Å²) in [6, 6.07) is 14.8. The molecule has 0 saturated carbocycles. The Morgan fingerprint density at radius 2 is 1.78 bits per heavy atom. The summed E-state index contributed by atoms with van der Waals surface area (Å²) < 4.78 is 15.7. The van der Waals surface area contributed by atoms with Crippen molar-refractivity contribution in [2.45, 2.75) is 19.9 Å². The molecule has 0 aliphatic rings. The minimum atomic E-state index is -0.122. The van der Waals surface area contributed by atoms with E-state index in [4.69, 9.17) is 14.0 Å². The lowest BCUT2D eigenvalue weighted by atomic mass is 10.1. The second-order valence-electron chi connectivity index (χ2n) is 5.77. The average molecular weight is 367 g/mol. The summed E-state index contributed by atoms with van der Waals surface area (Å²) in [5.74, 6) is 2.24. The van der Waals surface area contributed by atoms with Gasteiger partial charge in [-0.05, 0) is 48.9 Å². The lowest BCUT2D eigenvalue weighted by Gasteiger charge is -2.05. The first-order chi connectivity index (χ1) is 13.2. The van der Waals surface area contributed by atoms with E-state index in [0.29, 0.717) is 18.3 Å². The minimum Gasteiger partial charge on any atom is -0.497 e. The third-order valence-electron chi connectivity index (χ3n) is 3.85. The highest BCUT2D eigenvalue weighted by atomic mass is 16.5. The summed E-state index contributed by atoms with van der Waals surface area (Å²) >= 11 is 0. The first kappa shape index (κ1) is 18.4. The van der Waals surface area contributed by atoms with Crippen LogP contribution in [-0.2, 0) is 17.8 Å². The molecule has 0 spiro atoms. The van der Waals surface area contributed by atoms with E-state index in [1.165, 1.54) is 0 Å². The third kappa shape index (κ3) is 5.07. The van der Waals surface area contributed by atoms with Gasteiger partial charge in [0, 0.05) is 5.56 Å². The Morgan fingerprint density at radius 3 is 2.44 bits per heavy atom. The minimum absolute atomic E-state index is 0.122. The standard InChI is InChI=1S/C20H21N3O4/c1-3-26-17-8-4-14(5-9-17)12-18(24)21-13-19-22-20(23-27-19)15-6-10-16(25-2)11-7-15/h4-11H,3,12-13H2,1-2H3,(H,21,24). The number of carbonyl (C=O) groups excluding carboxylic acids is 1. The molecule has 0 fully saturated rings. The quantitative estimate of drug-likeness (QED) is 0.659. The van der Waals surface area contributed by atoms with Gasteiger partial charge in [-0.2, -0.15) is 4.98 Å². The molecule has 0 unspecified atom stereocenters. The third-order valence-corrected chi connectivity index (χ3v) is 3.85. The Labute approximate surface area is 157 Å². The van der Waals surface area contributed by atoms with Gasteiger partial charge in [0.25, 0.3) is 0 Å². The van der Waals surface area contributed by atoms with Gasteiger partial charge in [-0.15, -0.1) is 0 Å². The van der Waals surface area contributed by atoms with Crippen LogP contribution in [0.5, 0.6) is 11.5 Å². The maximum absolute atomic E-state index is 12.1. The predicted molar refractivity (Wildman–Crippen MR) is 99.4 cm³/mol. The number of amides is 1. The van der Waals surface area contributed by atoms with E-state index < -0.39 is 0 Å². The molecule has 0 bridgehead atoms. The molecule has 3 rings (SSSR count). The zero-order valence-corrected chi connectivity index (χ0v) is 15.3. The molecule has 1 N–H and O–H groups in total. The highest BCUT2D eigenvalue weighted by Gasteiger charge is 2.10. The molecule has 7 nitrogen and oxygen atoms in total. The van der Waals surface area contributed by atoms with E-state index in [2.05, 4.69) is 15.5 Å². The summed E-state index contributed by atoms with van der Waals surface area (Å²) in [5.41, 5.74) is 1.71. The van der Waals surface area contributed by atoms with Crippen LogP contribution in [0, 0.1) is 0 Å². The van der Waals surface area contributed by atoms with Crippen molar-refractivity contribution in [3.05, 3.63) is 60.0 Å². The Balaban J connectivity index is 1.52. The van der Waals surface area contributed by atoms with E-state index >= 15 is 0 Å². The van der Waals surface area contributed by atoms with E-state index in [1.807, 2.05) is 55.5 Å². The number of carbonyl (C=O) groups is 1. The van der Waals surface area contributed by atoms with Gasteiger partial charge in [-0.3, -0.25) is 4.79 Å². The fourth-order valence-corrected chi connectivity index (χ4v) is 2.48. The van der Waals surface area contributed by atoms with Crippen LogP contribution in [0.2, 0.25) is 0 Å². The first-order valence-corrected chi connectivity index (χ1v) is 8.63. The smallest absolute Gasteiger partial charge is 0.246 e. The van der Waals surface area contributed by atoms with Gasteiger partial charge >= 0.3 is 0 Å². The van der Waals surface area contributed by atoms with Crippen molar-refractivity contribution in [3.8, 4) is 22.9 Å². The summed E-state index contributed by atoms with van der Waals surface area (Å²) in [7, 11) is 1.61. The number of rotatable bonds is 8. The first-order valence-electron chi connectivity index (χ1n) is 8.63. The van der Waals surface area contributed by atoms with E-state index in [9.17, 15) is 4.79 Å². The molecule has 1 amide bonds. The van der Waals surface area contributed by atoms with Crippen LogP contribution < -0.4 is 14.8 Å². The number of benzene rings is 2. The fourth-order valence-electron chi connectivity index (χ4n) is 2.48. The van der Waals surface area contributed by atoms with Gasteiger partial charge in [0.05, 0.1) is 26.7 Å². The van der Waals surface area contributed by atoms with Crippen molar-refractivity contribution in [2.24, 2.45) is 0 Å². The summed E-state index contributed by atoms with van der Waals surface area (Å²) in [4.78, 5) is 16.4. The topological polar surface area (TPSA) is 86.5 Å². The van der Waals surface area contributed by atoms with Crippen molar-refractivity contribution >= 4 is 5.91 Å². The monoisotopic (exact) mass is 367 g/mol. The molecule has 0 saturated heterocycles. The zero-order chi connectivity index (χ0) is 19.1. The second kappa shape index (κ2) is 8.84. The molecule has 0 aliphatic carbocycles. The SMILES string of the molecule is CCOc1ccc(CC(=O)NCc2nc(-c3ccc(OC)cc3)no2)cc1. The Hall–Kier alpha value is -3.35. The number of nitrogens with zero attached hydrogens (tertiary/aromatic N) is 2. The molecule has 0 aliphatic heterocycles. The summed E-state index contributed by atoms with van der Waals surface area (Å²) in [6.07, 6.45) is 0.270. The van der Waals surface area contributed by atoms with Crippen LogP contribution in [-0.4, -0.2) is 29.8 Å². The number of hydrogen-bond donors (Lipinski definition) is 1. The van der Waals surface area contributed by atoms with E-state index in [-0.39, 0.29) is 18.9 Å². The fraction of sp³-hybridized carbons (Fsp3) is 0.250. The number of methoxy groups -OCH3 is 1. The molecule has 7 heteroatoms. The van der Waals surface area contributed by atoms with Gasteiger partial charge in [0.2, 0.25) is 17.6 Å². The van der Waals surface area contributed by atoms with Gasteiger partial charge in [0.1, 0.15) is 11.5 Å².